The molecular weight excluding hydrogens is 180 g/mol. The third-order valence-corrected chi connectivity index (χ3v) is 1.55. The summed E-state index contributed by atoms with van der Waals surface area (Å²) in [5, 5.41) is 0. The number of amides is 1. The molecule has 0 saturated carbocycles. The highest BCUT2D eigenvalue weighted by atomic mass is 35.5. The Balaban J connectivity index is 0. The van der Waals surface area contributed by atoms with Crippen LogP contribution in [0.2, 0.25) is 0 Å². The number of rotatable bonds is 5. The predicted molar refractivity (Wildman–Crippen MR) is 50.6 cm³/mol. The maximum Gasteiger partial charge on any atom is 0.404 e. The highest BCUT2D eigenvalue weighted by molar-refractivity contribution is 5.85. The number of carbonyl (C=O) groups is 1. The van der Waals surface area contributed by atoms with Crippen molar-refractivity contribution in [2.24, 2.45) is 5.73 Å². The quantitative estimate of drug-likeness (QED) is 0.709. The Labute approximate surface area is 79.5 Å². The Morgan fingerprint density at radius 2 is 1.92 bits per heavy atom. The van der Waals surface area contributed by atoms with E-state index in [1.54, 1.807) is 0 Å². The molecule has 12 heavy (non-hydrogen) atoms. The number of hydrogen-bond donors (Lipinski definition) is 1. The molecule has 4 nitrogen and oxygen atoms in total. The molecule has 2 N–H and O–H groups in total. The minimum absolute atomic E-state index is 0. The van der Waals surface area contributed by atoms with Gasteiger partial charge in [-0.2, -0.15) is 0 Å². The number of likely N-dealkylation sites (N-methyl/N-ethyl adjacent to an activating group) is 1. The van der Waals surface area contributed by atoms with E-state index in [-0.39, 0.29) is 12.4 Å². The molecule has 0 atom stereocenters. The average Bonchev–Trinajstić information content (AvgIpc) is 1.98. The molecule has 1 amide bonds. The lowest BCUT2D eigenvalue weighted by atomic mass is 10.5. The van der Waals surface area contributed by atoms with Crippen molar-refractivity contribution in [3.63, 3.8) is 0 Å². The SMILES string of the molecule is CCN(CC)CCOC(N)=O.Cl. The van der Waals surface area contributed by atoms with Crippen molar-refractivity contribution in [3.8, 4) is 0 Å². The molecule has 0 rings (SSSR count). The molecule has 0 unspecified atom stereocenters. The van der Waals surface area contributed by atoms with Gasteiger partial charge < -0.3 is 15.4 Å². The summed E-state index contributed by atoms with van der Waals surface area (Å²) in [5.74, 6) is 0. The third-order valence-electron chi connectivity index (χ3n) is 1.55. The molecule has 0 aromatic carbocycles. The molecule has 0 radical (unpaired) electrons. The number of carbonyl (C=O) groups excluding carboxylic acids is 1. The van der Waals surface area contributed by atoms with Crippen LogP contribution in [0.1, 0.15) is 13.8 Å². The van der Waals surface area contributed by atoms with Crippen LogP contribution in [-0.2, 0) is 4.74 Å². The van der Waals surface area contributed by atoms with Gasteiger partial charge in [-0.05, 0) is 13.1 Å². The Hall–Kier alpha value is -0.480. The van der Waals surface area contributed by atoms with Crippen LogP contribution in [0.15, 0.2) is 0 Å². The van der Waals surface area contributed by atoms with E-state index in [1.165, 1.54) is 0 Å². The molecule has 0 saturated heterocycles. The van der Waals surface area contributed by atoms with E-state index in [2.05, 4.69) is 23.5 Å². The largest absolute Gasteiger partial charge is 0.448 e. The van der Waals surface area contributed by atoms with E-state index in [0.29, 0.717) is 6.61 Å². The Kier molecular flexibility index (Phi) is 10.1. The Morgan fingerprint density at radius 1 is 1.42 bits per heavy atom. The standard InChI is InChI=1S/C7H16N2O2.ClH/c1-3-9(4-2)5-6-11-7(8)10;/h3-6H2,1-2H3,(H2,8,10);1H. The van der Waals surface area contributed by atoms with Crippen LogP contribution in [0.3, 0.4) is 0 Å². The number of ether oxygens (including phenoxy) is 1. The van der Waals surface area contributed by atoms with Gasteiger partial charge in [-0.3, -0.25) is 0 Å². The minimum atomic E-state index is -0.697. The van der Waals surface area contributed by atoms with Gasteiger partial charge in [0.1, 0.15) is 6.61 Å². The summed E-state index contributed by atoms with van der Waals surface area (Å²) >= 11 is 0. The summed E-state index contributed by atoms with van der Waals surface area (Å²) in [4.78, 5) is 12.3. The third kappa shape index (κ3) is 7.63. The molecule has 0 aromatic heterocycles. The number of primary amides is 1. The van der Waals surface area contributed by atoms with Gasteiger partial charge in [0, 0.05) is 6.54 Å². The fourth-order valence-corrected chi connectivity index (χ4v) is 0.815. The molecular formula is C7H17ClN2O2. The summed E-state index contributed by atoms with van der Waals surface area (Å²) < 4.78 is 4.57. The summed E-state index contributed by atoms with van der Waals surface area (Å²) in [6.07, 6.45) is -0.697. The molecule has 74 valence electrons. The fourth-order valence-electron chi connectivity index (χ4n) is 0.815. The zero-order valence-corrected chi connectivity index (χ0v) is 8.39. The molecule has 0 fully saturated rings. The van der Waals surface area contributed by atoms with Crippen LogP contribution < -0.4 is 5.73 Å². The monoisotopic (exact) mass is 196 g/mol. The molecule has 0 aliphatic rings. The van der Waals surface area contributed by atoms with Gasteiger partial charge in [0.05, 0.1) is 0 Å². The van der Waals surface area contributed by atoms with Crippen LogP contribution >= 0.6 is 12.4 Å². The van der Waals surface area contributed by atoms with Crippen molar-refractivity contribution < 1.29 is 9.53 Å². The number of halogens is 1. The molecule has 0 aliphatic carbocycles. The normalized spacial score (nSPS) is 9.25. The second kappa shape index (κ2) is 8.62. The van der Waals surface area contributed by atoms with Crippen LogP contribution in [-0.4, -0.2) is 37.2 Å². The van der Waals surface area contributed by atoms with E-state index in [0.717, 1.165) is 19.6 Å². The summed E-state index contributed by atoms with van der Waals surface area (Å²) in [5.41, 5.74) is 4.78. The Bertz CT molecular complexity index is 118. The van der Waals surface area contributed by atoms with Gasteiger partial charge in [0.2, 0.25) is 0 Å². The maximum absolute atomic E-state index is 10.1. The lowest BCUT2D eigenvalue weighted by Gasteiger charge is -2.16. The topological polar surface area (TPSA) is 55.6 Å². The van der Waals surface area contributed by atoms with Crippen LogP contribution in [0.4, 0.5) is 4.79 Å². The number of nitrogens with two attached hydrogens (primary N) is 1. The first-order valence-corrected chi connectivity index (χ1v) is 3.85. The van der Waals surface area contributed by atoms with Gasteiger partial charge in [0.15, 0.2) is 0 Å². The molecule has 0 bridgehead atoms. The molecule has 0 heterocycles. The first kappa shape index (κ1) is 14.1. The highest BCUT2D eigenvalue weighted by Crippen LogP contribution is 1.86. The van der Waals surface area contributed by atoms with Crippen LogP contribution in [0.25, 0.3) is 0 Å². The van der Waals surface area contributed by atoms with E-state index in [1.807, 2.05) is 0 Å². The number of nitrogens with zero attached hydrogens (tertiary/aromatic N) is 1. The molecule has 0 aliphatic heterocycles. The van der Waals surface area contributed by atoms with Gasteiger partial charge in [-0.25, -0.2) is 4.79 Å². The van der Waals surface area contributed by atoms with Crippen molar-refractivity contribution in [2.45, 2.75) is 13.8 Å². The fraction of sp³-hybridized carbons (Fsp3) is 0.857. The van der Waals surface area contributed by atoms with Gasteiger partial charge in [0.25, 0.3) is 0 Å². The van der Waals surface area contributed by atoms with E-state index < -0.39 is 6.09 Å². The Morgan fingerprint density at radius 3 is 2.25 bits per heavy atom. The summed E-state index contributed by atoms with van der Waals surface area (Å²) in [6, 6.07) is 0. The van der Waals surface area contributed by atoms with E-state index >= 15 is 0 Å². The summed E-state index contributed by atoms with van der Waals surface area (Å²) in [6.45, 7) is 7.21. The first-order valence-electron chi connectivity index (χ1n) is 3.85. The van der Waals surface area contributed by atoms with Crippen LogP contribution in [0, 0.1) is 0 Å². The summed E-state index contributed by atoms with van der Waals surface area (Å²) in [7, 11) is 0. The van der Waals surface area contributed by atoms with Crippen molar-refractivity contribution in [1.82, 2.24) is 4.90 Å². The van der Waals surface area contributed by atoms with Gasteiger partial charge in [-0.1, -0.05) is 13.8 Å². The minimum Gasteiger partial charge on any atom is -0.448 e. The van der Waals surface area contributed by atoms with E-state index in [4.69, 9.17) is 5.73 Å². The predicted octanol–water partition coefficient (Wildman–Crippen LogP) is 0.845. The van der Waals surface area contributed by atoms with Crippen LogP contribution in [0.5, 0.6) is 0 Å². The van der Waals surface area contributed by atoms with E-state index in [9.17, 15) is 4.79 Å². The van der Waals surface area contributed by atoms with Crippen molar-refractivity contribution >= 4 is 18.5 Å². The van der Waals surface area contributed by atoms with Gasteiger partial charge in [-0.15, -0.1) is 12.4 Å². The molecule has 5 heteroatoms. The first-order chi connectivity index (χ1) is 5.20. The molecule has 0 aromatic rings. The second-order valence-corrected chi connectivity index (χ2v) is 2.19. The lowest BCUT2D eigenvalue weighted by Crippen LogP contribution is -2.28. The smallest absolute Gasteiger partial charge is 0.404 e. The number of hydrogen-bond acceptors (Lipinski definition) is 3. The lowest BCUT2D eigenvalue weighted by molar-refractivity contribution is 0.138. The van der Waals surface area contributed by atoms with Crippen molar-refractivity contribution in [3.05, 3.63) is 0 Å². The van der Waals surface area contributed by atoms with Gasteiger partial charge >= 0.3 is 6.09 Å². The van der Waals surface area contributed by atoms with Crippen molar-refractivity contribution in [1.29, 1.82) is 0 Å². The zero-order valence-electron chi connectivity index (χ0n) is 7.58. The zero-order chi connectivity index (χ0) is 8.69. The second-order valence-electron chi connectivity index (χ2n) is 2.19. The molecule has 0 spiro atoms. The average molecular weight is 197 g/mol. The van der Waals surface area contributed by atoms with Crippen molar-refractivity contribution in [2.75, 3.05) is 26.2 Å². The maximum atomic E-state index is 10.1. The highest BCUT2D eigenvalue weighted by Gasteiger charge is 1.99.